The van der Waals surface area contributed by atoms with E-state index < -0.39 is 0 Å². The molecule has 0 saturated carbocycles. The molecule has 0 bridgehead atoms. The van der Waals surface area contributed by atoms with Crippen LogP contribution in [-0.4, -0.2) is 50.9 Å². The van der Waals surface area contributed by atoms with Crippen LogP contribution in [0.5, 0.6) is 0 Å². The molecule has 2 N–H and O–H groups in total. The molecule has 118 valence electrons. The monoisotopic (exact) mass is 315 g/mol. The molecule has 1 heterocycles. The zero-order valence-electron chi connectivity index (χ0n) is 12.6. The molecule has 0 aliphatic heterocycles. The summed E-state index contributed by atoms with van der Waals surface area (Å²) in [7, 11) is 3.14. The fourth-order valence-corrected chi connectivity index (χ4v) is 1.83. The SMILES string of the molecule is CCCNc1ccc(Cl)c(C(=O)NCC(COC)OC)n1. The van der Waals surface area contributed by atoms with Gasteiger partial charge in [-0.2, -0.15) is 0 Å². The number of amides is 1. The van der Waals surface area contributed by atoms with Gasteiger partial charge in [0, 0.05) is 27.3 Å². The summed E-state index contributed by atoms with van der Waals surface area (Å²) in [4.78, 5) is 16.4. The maximum absolute atomic E-state index is 12.1. The lowest BCUT2D eigenvalue weighted by Crippen LogP contribution is -2.36. The Hall–Kier alpha value is -1.37. The molecule has 0 saturated heterocycles. The number of halogens is 1. The molecule has 1 aromatic rings. The van der Waals surface area contributed by atoms with Crippen molar-refractivity contribution >= 4 is 23.3 Å². The Kier molecular flexibility index (Phi) is 8.04. The van der Waals surface area contributed by atoms with Gasteiger partial charge in [0.05, 0.1) is 17.7 Å². The number of anilines is 1. The second-order valence-electron chi connectivity index (χ2n) is 4.48. The third kappa shape index (κ3) is 5.87. The van der Waals surface area contributed by atoms with Crippen molar-refractivity contribution in [2.45, 2.75) is 19.4 Å². The van der Waals surface area contributed by atoms with E-state index in [9.17, 15) is 4.79 Å². The summed E-state index contributed by atoms with van der Waals surface area (Å²) in [5.74, 6) is 0.296. The van der Waals surface area contributed by atoms with Crippen LogP contribution in [0.2, 0.25) is 5.02 Å². The average Bonchev–Trinajstić information content (AvgIpc) is 2.50. The Morgan fingerprint density at radius 1 is 1.43 bits per heavy atom. The van der Waals surface area contributed by atoms with E-state index in [1.54, 1.807) is 26.4 Å². The van der Waals surface area contributed by atoms with Gasteiger partial charge in [-0.25, -0.2) is 4.98 Å². The van der Waals surface area contributed by atoms with Crippen LogP contribution >= 0.6 is 11.6 Å². The first-order chi connectivity index (χ1) is 10.1. The van der Waals surface area contributed by atoms with E-state index in [0.29, 0.717) is 24.0 Å². The number of hydrogen-bond donors (Lipinski definition) is 2. The minimum Gasteiger partial charge on any atom is -0.382 e. The minimum atomic E-state index is -0.335. The first kappa shape index (κ1) is 17.7. The Labute approximate surface area is 130 Å². The number of pyridine rings is 1. The summed E-state index contributed by atoms with van der Waals surface area (Å²) in [6.07, 6.45) is 0.761. The smallest absolute Gasteiger partial charge is 0.271 e. The van der Waals surface area contributed by atoms with Crippen molar-refractivity contribution < 1.29 is 14.3 Å². The first-order valence-electron chi connectivity index (χ1n) is 6.82. The molecule has 0 aromatic carbocycles. The second-order valence-corrected chi connectivity index (χ2v) is 4.88. The number of nitrogens with zero attached hydrogens (tertiary/aromatic N) is 1. The van der Waals surface area contributed by atoms with E-state index in [-0.39, 0.29) is 17.7 Å². The third-order valence-electron chi connectivity index (χ3n) is 2.79. The number of methoxy groups -OCH3 is 2. The highest BCUT2D eigenvalue weighted by Crippen LogP contribution is 2.16. The molecule has 1 atom stereocenters. The van der Waals surface area contributed by atoms with Crippen LogP contribution in [0.25, 0.3) is 0 Å². The van der Waals surface area contributed by atoms with Crippen LogP contribution in [0.1, 0.15) is 23.8 Å². The second kappa shape index (κ2) is 9.55. The van der Waals surface area contributed by atoms with Crippen molar-refractivity contribution in [1.82, 2.24) is 10.3 Å². The number of carbonyl (C=O) groups excluding carboxylic acids is 1. The van der Waals surface area contributed by atoms with Crippen LogP contribution < -0.4 is 10.6 Å². The predicted molar refractivity (Wildman–Crippen MR) is 83.0 cm³/mol. The lowest BCUT2D eigenvalue weighted by atomic mass is 10.3. The Balaban J connectivity index is 2.67. The van der Waals surface area contributed by atoms with E-state index in [4.69, 9.17) is 21.1 Å². The third-order valence-corrected chi connectivity index (χ3v) is 3.10. The van der Waals surface area contributed by atoms with Gasteiger partial charge in [-0.1, -0.05) is 18.5 Å². The standard InChI is InChI=1S/C14H22ClN3O3/c1-4-7-16-12-6-5-11(15)13(18-12)14(19)17-8-10(21-3)9-20-2/h5-6,10H,4,7-9H2,1-3H3,(H,16,18)(H,17,19). The Morgan fingerprint density at radius 2 is 2.19 bits per heavy atom. The van der Waals surface area contributed by atoms with Crippen LogP contribution in [0, 0.1) is 0 Å². The van der Waals surface area contributed by atoms with Crippen molar-refractivity contribution in [3.05, 3.63) is 22.8 Å². The van der Waals surface area contributed by atoms with Gasteiger partial charge in [0.2, 0.25) is 0 Å². The van der Waals surface area contributed by atoms with Gasteiger partial charge < -0.3 is 20.1 Å². The summed E-state index contributed by atoms with van der Waals surface area (Å²) in [5.41, 5.74) is 0.199. The largest absolute Gasteiger partial charge is 0.382 e. The van der Waals surface area contributed by atoms with Crippen LogP contribution in [-0.2, 0) is 9.47 Å². The molecule has 1 aromatic heterocycles. The average molecular weight is 316 g/mol. The van der Waals surface area contributed by atoms with E-state index >= 15 is 0 Å². The van der Waals surface area contributed by atoms with E-state index in [0.717, 1.165) is 13.0 Å². The van der Waals surface area contributed by atoms with Gasteiger partial charge in [0.15, 0.2) is 0 Å². The van der Waals surface area contributed by atoms with Crippen LogP contribution in [0.4, 0.5) is 5.82 Å². The van der Waals surface area contributed by atoms with Gasteiger partial charge in [-0.05, 0) is 18.6 Å². The summed E-state index contributed by atoms with van der Waals surface area (Å²) < 4.78 is 10.2. The van der Waals surface area contributed by atoms with Crippen molar-refractivity contribution in [1.29, 1.82) is 0 Å². The van der Waals surface area contributed by atoms with Gasteiger partial charge in [-0.3, -0.25) is 4.79 Å². The van der Waals surface area contributed by atoms with Crippen molar-refractivity contribution in [2.24, 2.45) is 0 Å². The summed E-state index contributed by atoms with van der Waals surface area (Å²) in [6.45, 7) is 3.57. The number of rotatable bonds is 9. The van der Waals surface area contributed by atoms with Gasteiger partial charge in [0.25, 0.3) is 5.91 Å². The lowest BCUT2D eigenvalue weighted by molar-refractivity contribution is 0.0285. The molecule has 1 amide bonds. The van der Waals surface area contributed by atoms with Crippen molar-refractivity contribution in [3.63, 3.8) is 0 Å². The fourth-order valence-electron chi connectivity index (χ4n) is 1.64. The normalized spacial score (nSPS) is 12.0. The Morgan fingerprint density at radius 3 is 2.81 bits per heavy atom. The molecule has 6 nitrogen and oxygen atoms in total. The molecule has 0 fully saturated rings. The molecule has 7 heteroatoms. The molecular formula is C14H22ClN3O3. The molecule has 0 radical (unpaired) electrons. The van der Waals surface area contributed by atoms with Gasteiger partial charge in [-0.15, -0.1) is 0 Å². The molecule has 0 spiro atoms. The van der Waals surface area contributed by atoms with E-state index in [1.807, 2.05) is 0 Å². The highest BCUT2D eigenvalue weighted by molar-refractivity contribution is 6.33. The van der Waals surface area contributed by atoms with Gasteiger partial charge in [0.1, 0.15) is 11.5 Å². The Bertz CT molecular complexity index is 457. The molecule has 1 unspecified atom stereocenters. The van der Waals surface area contributed by atoms with Crippen molar-refractivity contribution in [3.8, 4) is 0 Å². The predicted octanol–water partition coefficient (Wildman–Crippen LogP) is 1.95. The van der Waals surface area contributed by atoms with Crippen LogP contribution in [0.3, 0.4) is 0 Å². The maximum atomic E-state index is 12.1. The number of nitrogens with one attached hydrogen (secondary N) is 2. The number of aromatic nitrogens is 1. The molecule has 1 rings (SSSR count). The highest BCUT2D eigenvalue weighted by atomic mass is 35.5. The number of carbonyl (C=O) groups is 1. The first-order valence-corrected chi connectivity index (χ1v) is 7.20. The molecule has 21 heavy (non-hydrogen) atoms. The summed E-state index contributed by atoms with van der Waals surface area (Å²) in [5, 5.41) is 6.17. The van der Waals surface area contributed by atoms with E-state index in [1.165, 1.54) is 0 Å². The zero-order valence-corrected chi connectivity index (χ0v) is 13.4. The zero-order chi connectivity index (χ0) is 15.7. The molecule has 0 aliphatic carbocycles. The molecule has 0 aliphatic rings. The van der Waals surface area contributed by atoms with Crippen LogP contribution in [0.15, 0.2) is 12.1 Å². The maximum Gasteiger partial charge on any atom is 0.271 e. The number of ether oxygens (including phenoxy) is 2. The molecular weight excluding hydrogens is 294 g/mol. The lowest BCUT2D eigenvalue weighted by Gasteiger charge is -2.15. The van der Waals surface area contributed by atoms with Gasteiger partial charge >= 0.3 is 0 Å². The minimum absolute atomic E-state index is 0.199. The van der Waals surface area contributed by atoms with E-state index in [2.05, 4.69) is 22.5 Å². The highest BCUT2D eigenvalue weighted by Gasteiger charge is 2.15. The topological polar surface area (TPSA) is 72.5 Å². The summed E-state index contributed by atoms with van der Waals surface area (Å²) >= 11 is 6.03. The summed E-state index contributed by atoms with van der Waals surface area (Å²) in [6, 6.07) is 3.40. The fraction of sp³-hybridized carbons (Fsp3) is 0.571. The van der Waals surface area contributed by atoms with Crippen molar-refractivity contribution in [2.75, 3.05) is 39.2 Å². The number of hydrogen-bond acceptors (Lipinski definition) is 5. The quantitative estimate of drug-likeness (QED) is 0.728.